The van der Waals surface area contributed by atoms with Gasteiger partial charge in [0.15, 0.2) is 9.84 Å². The van der Waals surface area contributed by atoms with Gasteiger partial charge in [0.2, 0.25) is 5.91 Å². The van der Waals surface area contributed by atoms with E-state index in [-0.39, 0.29) is 23.5 Å². The fraction of sp³-hybridized carbons (Fsp3) is 0.562. The molecule has 1 unspecified atom stereocenters. The lowest BCUT2D eigenvalue weighted by molar-refractivity contribution is -0.130. The molecule has 0 bridgehead atoms. The second-order valence-corrected chi connectivity index (χ2v) is 9.93. The minimum Gasteiger partial charge on any atom is -0.338 e. The van der Waals surface area contributed by atoms with Crippen LogP contribution < -0.4 is 0 Å². The van der Waals surface area contributed by atoms with E-state index in [0.717, 1.165) is 12.0 Å². The number of benzene rings is 1. The first-order valence-electron chi connectivity index (χ1n) is 7.84. The number of halogens is 2. The number of hydrogen-bond acceptors (Lipinski definition) is 4. The zero-order chi connectivity index (χ0) is 17.7. The molecule has 0 N–H and O–H groups in total. The molecule has 134 valence electrons. The van der Waals surface area contributed by atoms with E-state index in [4.69, 9.17) is 23.2 Å². The molecule has 0 spiro atoms. The van der Waals surface area contributed by atoms with Crippen LogP contribution in [0.5, 0.6) is 0 Å². The minimum atomic E-state index is -3.00. The van der Waals surface area contributed by atoms with Crippen LogP contribution in [0.4, 0.5) is 0 Å². The van der Waals surface area contributed by atoms with Gasteiger partial charge in [-0.15, -0.1) is 11.8 Å². The second kappa shape index (κ2) is 8.79. The van der Waals surface area contributed by atoms with Gasteiger partial charge in [0, 0.05) is 28.4 Å². The molecule has 1 atom stereocenters. The van der Waals surface area contributed by atoms with Crippen molar-refractivity contribution in [1.29, 1.82) is 0 Å². The maximum Gasteiger partial charge on any atom is 0.232 e. The highest BCUT2D eigenvalue weighted by Gasteiger charge is 2.34. The average Bonchev–Trinajstić information content (AvgIpc) is 2.86. The fourth-order valence-electron chi connectivity index (χ4n) is 2.74. The van der Waals surface area contributed by atoms with Gasteiger partial charge >= 0.3 is 0 Å². The molecule has 8 heteroatoms. The van der Waals surface area contributed by atoms with Crippen molar-refractivity contribution >= 4 is 50.7 Å². The maximum absolute atomic E-state index is 12.5. The summed E-state index contributed by atoms with van der Waals surface area (Å²) >= 11 is 13.5. The molecule has 24 heavy (non-hydrogen) atoms. The summed E-state index contributed by atoms with van der Waals surface area (Å²) in [5.74, 6) is 1.19. The number of carbonyl (C=O) groups excluding carboxylic acids is 1. The van der Waals surface area contributed by atoms with Crippen molar-refractivity contribution in [3.63, 3.8) is 0 Å². The molecule has 0 saturated carbocycles. The summed E-state index contributed by atoms with van der Waals surface area (Å²) in [5, 5.41) is 1.18. The highest BCUT2D eigenvalue weighted by molar-refractivity contribution is 7.99. The van der Waals surface area contributed by atoms with E-state index < -0.39 is 9.84 Å². The summed E-state index contributed by atoms with van der Waals surface area (Å²) < 4.78 is 23.3. The standard InChI is InChI=1S/C16H21Cl2NO3S2/c1-2-6-19(14-5-7-24(21,22)11-14)16(20)10-23-9-12-3-4-13(17)8-15(12)18/h3-4,8,14H,2,5-7,9-11H2,1H3. The van der Waals surface area contributed by atoms with Crippen molar-refractivity contribution in [1.82, 2.24) is 4.90 Å². The molecule has 0 radical (unpaired) electrons. The number of nitrogens with zero attached hydrogens (tertiary/aromatic N) is 1. The first kappa shape index (κ1) is 19.9. The Bertz CT molecular complexity index is 695. The number of sulfone groups is 1. The van der Waals surface area contributed by atoms with E-state index in [0.29, 0.717) is 34.5 Å². The average molecular weight is 410 g/mol. The zero-order valence-electron chi connectivity index (χ0n) is 13.5. The highest BCUT2D eigenvalue weighted by atomic mass is 35.5. The first-order valence-corrected chi connectivity index (χ1v) is 11.6. The summed E-state index contributed by atoms with van der Waals surface area (Å²) in [5.41, 5.74) is 0.935. The predicted octanol–water partition coefficient (Wildman–Crippen LogP) is 3.65. The Morgan fingerprint density at radius 1 is 1.38 bits per heavy atom. The third-order valence-electron chi connectivity index (χ3n) is 3.93. The maximum atomic E-state index is 12.5. The quantitative estimate of drug-likeness (QED) is 0.689. The Kier molecular flexibility index (Phi) is 7.28. The van der Waals surface area contributed by atoms with Gasteiger partial charge in [-0.25, -0.2) is 8.42 Å². The largest absolute Gasteiger partial charge is 0.338 e. The van der Waals surface area contributed by atoms with Crippen molar-refractivity contribution in [2.75, 3.05) is 23.8 Å². The summed E-state index contributed by atoms with van der Waals surface area (Å²) in [6.45, 7) is 2.59. The number of thioether (sulfide) groups is 1. The van der Waals surface area contributed by atoms with Gasteiger partial charge in [0.25, 0.3) is 0 Å². The Labute approximate surface area is 157 Å². The van der Waals surface area contributed by atoms with Crippen LogP contribution in [-0.4, -0.2) is 49.1 Å². The van der Waals surface area contributed by atoms with Crippen molar-refractivity contribution in [3.8, 4) is 0 Å². The van der Waals surface area contributed by atoms with Gasteiger partial charge in [0.05, 0.1) is 17.3 Å². The Hall–Kier alpha value is -0.430. The van der Waals surface area contributed by atoms with Crippen molar-refractivity contribution in [2.45, 2.75) is 31.6 Å². The van der Waals surface area contributed by atoms with Gasteiger partial charge in [-0.3, -0.25) is 4.79 Å². The third kappa shape index (κ3) is 5.55. The van der Waals surface area contributed by atoms with E-state index in [1.165, 1.54) is 11.8 Å². The van der Waals surface area contributed by atoms with Gasteiger partial charge in [-0.1, -0.05) is 36.2 Å². The van der Waals surface area contributed by atoms with E-state index in [1.54, 1.807) is 17.0 Å². The summed E-state index contributed by atoms with van der Waals surface area (Å²) in [6.07, 6.45) is 1.36. The molecule has 1 amide bonds. The van der Waals surface area contributed by atoms with Crippen LogP contribution in [-0.2, 0) is 20.4 Å². The number of hydrogen-bond donors (Lipinski definition) is 0. The lowest BCUT2D eigenvalue weighted by Gasteiger charge is -2.27. The lowest BCUT2D eigenvalue weighted by Crippen LogP contribution is -2.42. The minimum absolute atomic E-state index is 0.00552. The van der Waals surface area contributed by atoms with Gasteiger partial charge in [-0.2, -0.15) is 0 Å². The van der Waals surface area contributed by atoms with E-state index >= 15 is 0 Å². The van der Waals surface area contributed by atoms with Crippen LogP contribution in [0.1, 0.15) is 25.3 Å². The van der Waals surface area contributed by atoms with Crippen LogP contribution in [0, 0.1) is 0 Å². The van der Waals surface area contributed by atoms with Gasteiger partial charge < -0.3 is 4.90 Å². The van der Waals surface area contributed by atoms with Gasteiger partial charge in [0.1, 0.15) is 0 Å². The Balaban J connectivity index is 1.91. The van der Waals surface area contributed by atoms with Crippen LogP contribution in [0.2, 0.25) is 10.0 Å². The van der Waals surface area contributed by atoms with Crippen LogP contribution >= 0.6 is 35.0 Å². The molecule has 0 aliphatic carbocycles. The number of amides is 1. The molecule has 1 fully saturated rings. The van der Waals surface area contributed by atoms with Crippen molar-refractivity contribution in [3.05, 3.63) is 33.8 Å². The van der Waals surface area contributed by atoms with Crippen molar-refractivity contribution in [2.24, 2.45) is 0 Å². The molecule has 1 aromatic carbocycles. The zero-order valence-corrected chi connectivity index (χ0v) is 16.6. The molecule has 1 aliphatic heterocycles. The number of carbonyl (C=O) groups is 1. The summed E-state index contributed by atoms with van der Waals surface area (Å²) in [6, 6.07) is 5.14. The molecular formula is C16H21Cl2NO3S2. The lowest BCUT2D eigenvalue weighted by atomic mass is 10.2. The second-order valence-electron chi connectivity index (χ2n) is 5.87. The SMILES string of the molecule is CCCN(C(=O)CSCc1ccc(Cl)cc1Cl)C1CCS(=O)(=O)C1. The molecule has 1 heterocycles. The molecule has 0 aromatic heterocycles. The van der Waals surface area contributed by atoms with Crippen LogP contribution in [0.15, 0.2) is 18.2 Å². The Morgan fingerprint density at radius 3 is 2.71 bits per heavy atom. The number of rotatable bonds is 7. The topological polar surface area (TPSA) is 54.5 Å². The molecular weight excluding hydrogens is 389 g/mol. The third-order valence-corrected chi connectivity index (χ3v) is 7.24. The predicted molar refractivity (Wildman–Crippen MR) is 102 cm³/mol. The molecule has 2 rings (SSSR count). The molecule has 1 aromatic rings. The molecule has 1 saturated heterocycles. The van der Waals surface area contributed by atoms with Crippen molar-refractivity contribution < 1.29 is 13.2 Å². The van der Waals surface area contributed by atoms with E-state index in [2.05, 4.69) is 0 Å². The highest BCUT2D eigenvalue weighted by Crippen LogP contribution is 2.25. The van der Waals surface area contributed by atoms with Crippen LogP contribution in [0.25, 0.3) is 0 Å². The summed E-state index contributed by atoms with van der Waals surface area (Å²) in [4.78, 5) is 14.3. The van der Waals surface area contributed by atoms with E-state index in [9.17, 15) is 13.2 Å². The van der Waals surface area contributed by atoms with Crippen LogP contribution in [0.3, 0.4) is 0 Å². The monoisotopic (exact) mass is 409 g/mol. The molecule has 4 nitrogen and oxygen atoms in total. The first-order chi connectivity index (χ1) is 11.3. The van der Waals surface area contributed by atoms with E-state index in [1.807, 2.05) is 13.0 Å². The normalized spacial score (nSPS) is 19.4. The fourth-order valence-corrected chi connectivity index (χ4v) is 5.94. The summed E-state index contributed by atoms with van der Waals surface area (Å²) in [7, 11) is -3.00. The Morgan fingerprint density at radius 2 is 2.12 bits per heavy atom. The van der Waals surface area contributed by atoms with Gasteiger partial charge in [-0.05, 0) is 30.5 Å². The smallest absolute Gasteiger partial charge is 0.232 e. The molecule has 1 aliphatic rings.